The second kappa shape index (κ2) is 7.80. The van der Waals surface area contributed by atoms with Crippen LogP contribution in [-0.4, -0.2) is 34.8 Å². The van der Waals surface area contributed by atoms with E-state index in [9.17, 15) is 0 Å². The summed E-state index contributed by atoms with van der Waals surface area (Å²) in [6.45, 7) is 10.5. The van der Waals surface area contributed by atoms with Gasteiger partial charge in [-0.2, -0.15) is 15.0 Å². The maximum Gasteiger partial charge on any atom is 0.232 e. The van der Waals surface area contributed by atoms with Gasteiger partial charge in [0.15, 0.2) is 0 Å². The van der Waals surface area contributed by atoms with E-state index in [1.54, 1.807) is 12.2 Å². The van der Waals surface area contributed by atoms with E-state index in [1.165, 1.54) is 0 Å². The number of hydrogen-bond acceptors (Lipinski definition) is 7. The highest BCUT2D eigenvalue weighted by Gasteiger charge is 2.08. The lowest BCUT2D eigenvalue weighted by atomic mass is 10.4. The van der Waals surface area contributed by atoms with Crippen molar-refractivity contribution in [3.8, 4) is 0 Å². The van der Waals surface area contributed by atoms with Gasteiger partial charge in [0.25, 0.3) is 0 Å². The smallest absolute Gasteiger partial charge is 0.232 e. The number of nitrogens with two attached hydrogens (primary N) is 2. The summed E-state index contributed by atoms with van der Waals surface area (Å²) >= 11 is 0. The van der Waals surface area contributed by atoms with Crippen LogP contribution in [0.25, 0.3) is 0 Å². The van der Waals surface area contributed by atoms with E-state index in [2.05, 4.69) is 28.1 Å². The van der Waals surface area contributed by atoms with E-state index in [0.29, 0.717) is 19.0 Å². The molecule has 0 aliphatic heterocycles. The van der Waals surface area contributed by atoms with Crippen LogP contribution in [-0.2, 0) is 4.79 Å². The first-order valence-corrected chi connectivity index (χ1v) is 4.70. The average molecular weight is 236 g/mol. The quantitative estimate of drug-likeness (QED) is 0.693. The minimum atomic E-state index is 0.107. The van der Waals surface area contributed by atoms with Gasteiger partial charge >= 0.3 is 0 Å². The van der Waals surface area contributed by atoms with Crippen LogP contribution in [0.4, 0.5) is 17.8 Å². The Bertz CT molecular complexity index is 351. The number of carbonyl (C=O) groups is 1. The van der Waals surface area contributed by atoms with Gasteiger partial charge in [-0.25, -0.2) is 0 Å². The molecule has 0 fully saturated rings. The third-order valence-corrected chi connectivity index (χ3v) is 1.64. The maximum absolute atomic E-state index is 8.00. The molecule has 0 aliphatic rings. The van der Waals surface area contributed by atoms with Crippen molar-refractivity contribution in [1.82, 2.24) is 15.0 Å². The predicted molar refractivity (Wildman–Crippen MR) is 68.4 cm³/mol. The fourth-order valence-corrected chi connectivity index (χ4v) is 1.09. The Morgan fingerprint density at radius 3 is 1.76 bits per heavy atom. The van der Waals surface area contributed by atoms with Crippen LogP contribution in [0.2, 0.25) is 0 Å². The number of rotatable bonds is 5. The Morgan fingerprint density at radius 2 is 1.41 bits per heavy atom. The molecule has 0 bridgehead atoms. The van der Waals surface area contributed by atoms with Gasteiger partial charge in [0.1, 0.15) is 6.79 Å². The Kier molecular flexibility index (Phi) is 6.68. The Balaban J connectivity index is 0.00000121. The van der Waals surface area contributed by atoms with Crippen LogP contribution >= 0.6 is 0 Å². The summed E-state index contributed by atoms with van der Waals surface area (Å²) in [4.78, 5) is 21.5. The zero-order valence-corrected chi connectivity index (χ0v) is 9.54. The molecule has 1 heterocycles. The number of nitrogen functional groups attached to an aromatic ring is 2. The van der Waals surface area contributed by atoms with Crippen molar-refractivity contribution < 1.29 is 4.79 Å². The van der Waals surface area contributed by atoms with E-state index < -0.39 is 0 Å². The Labute approximate surface area is 99.9 Å². The first-order chi connectivity index (χ1) is 8.17. The van der Waals surface area contributed by atoms with Crippen LogP contribution < -0.4 is 16.4 Å². The fraction of sp³-hybridized carbons (Fsp3) is 0.200. The van der Waals surface area contributed by atoms with Gasteiger partial charge in [0.05, 0.1) is 0 Å². The molecule has 0 radical (unpaired) electrons. The normalized spacial score (nSPS) is 8.71. The molecule has 92 valence electrons. The third kappa shape index (κ3) is 4.74. The van der Waals surface area contributed by atoms with Crippen LogP contribution in [0.5, 0.6) is 0 Å². The molecule has 0 aromatic carbocycles. The minimum absolute atomic E-state index is 0.107. The van der Waals surface area contributed by atoms with Crippen molar-refractivity contribution in [2.75, 3.05) is 29.5 Å². The highest BCUT2D eigenvalue weighted by Crippen LogP contribution is 2.09. The molecule has 1 aromatic heterocycles. The van der Waals surface area contributed by atoms with E-state index in [1.807, 2.05) is 11.7 Å². The van der Waals surface area contributed by atoms with Crippen LogP contribution in [0.1, 0.15) is 0 Å². The Morgan fingerprint density at radius 1 is 1.00 bits per heavy atom. The van der Waals surface area contributed by atoms with Gasteiger partial charge in [-0.05, 0) is 0 Å². The van der Waals surface area contributed by atoms with Gasteiger partial charge in [-0.1, -0.05) is 12.2 Å². The fourth-order valence-electron chi connectivity index (χ4n) is 1.09. The van der Waals surface area contributed by atoms with Gasteiger partial charge in [0, 0.05) is 13.1 Å². The Hall–Kier alpha value is -2.44. The molecule has 0 saturated carbocycles. The highest BCUT2D eigenvalue weighted by atomic mass is 16.1. The summed E-state index contributed by atoms with van der Waals surface area (Å²) in [6, 6.07) is 0. The van der Waals surface area contributed by atoms with Crippen LogP contribution in [0.3, 0.4) is 0 Å². The summed E-state index contributed by atoms with van der Waals surface area (Å²) in [5.41, 5.74) is 10.9. The summed E-state index contributed by atoms with van der Waals surface area (Å²) in [6.07, 6.45) is 3.47. The van der Waals surface area contributed by atoms with Crippen molar-refractivity contribution >= 4 is 24.6 Å². The zero-order valence-electron chi connectivity index (χ0n) is 9.54. The molecule has 0 saturated heterocycles. The molecular weight excluding hydrogens is 220 g/mol. The van der Waals surface area contributed by atoms with Crippen molar-refractivity contribution in [1.29, 1.82) is 0 Å². The first-order valence-electron chi connectivity index (χ1n) is 4.70. The van der Waals surface area contributed by atoms with Crippen molar-refractivity contribution in [2.24, 2.45) is 0 Å². The molecule has 0 aliphatic carbocycles. The lowest BCUT2D eigenvalue weighted by Gasteiger charge is -2.18. The molecule has 7 heteroatoms. The van der Waals surface area contributed by atoms with E-state index in [0.717, 1.165) is 0 Å². The summed E-state index contributed by atoms with van der Waals surface area (Å²) in [7, 11) is 0. The van der Waals surface area contributed by atoms with E-state index in [4.69, 9.17) is 16.3 Å². The van der Waals surface area contributed by atoms with Crippen molar-refractivity contribution in [3.63, 3.8) is 0 Å². The molecule has 0 amide bonds. The van der Waals surface area contributed by atoms with Gasteiger partial charge < -0.3 is 21.2 Å². The number of hydrogen-bond donors (Lipinski definition) is 2. The molecule has 4 N–H and O–H groups in total. The molecule has 7 nitrogen and oxygen atoms in total. The number of anilines is 3. The molecule has 1 rings (SSSR count). The molecule has 0 spiro atoms. The van der Waals surface area contributed by atoms with Crippen molar-refractivity contribution in [2.45, 2.75) is 0 Å². The largest absolute Gasteiger partial charge is 0.368 e. The standard InChI is InChI=1S/C9H14N6.CH2O/c1-3-5-15(6-4-2)9-13-7(10)12-8(11)14-9;1-2/h3-4H,1-2,5-6H2,(H4,10,11,12,13,14);1H2. The molecule has 0 unspecified atom stereocenters. The predicted octanol–water partition coefficient (Wildman–Crippen LogP) is 0.0295. The number of aromatic nitrogens is 3. The molecule has 17 heavy (non-hydrogen) atoms. The maximum atomic E-state index is 8.00. The lowest BCUT2D eigenvalue weighted by Crippen LogP contribution is -2.26. The topological polar surface area (TPSA) is 111 Å². The molecule has 0 atom stereocenters. The first kappa shape index (κ1) is 14.6. The van der Waals surface area contributed by atoms with Gasteiger partial charge in [0.2, 0.25) is 17.8 Å². The number of nitrogens with zero attached hydrogens (tertiary/aromatic N) is 4. The highest BCUT2D eigenvalue weighted by molar-refractivity contribution is 5.40. The second-order valence-electron chi connectivity index (χ2n) is 2.83. The summed E-state index contributed by atoms with van der Waals surface area (Å²) in [5, 5.41) is 0. The minimum Gasteiger partial charge on any atom is -0.368 e. The van der Waals surface area contributed by atoms with E-state index >= 15 is 0 Å². The summed E-state index contributed by atoms with van der Waals surface area (Å²) < 4.78 is 0. The van der Waals surface area contributed by atoms with Gasteiger partial charge in [-0.15, -0.1) is 13.2 Å². The second-order valence-corrected chi connectivity index (χ2v) is 2.83. The van der Waals surface area contributed by atoms with Crippen molar-refractivity contribution in [3.05, 3.63) is 25.3 Å². The van der Waals surface area contributed by atoms with Gasteiger partial charge in [-0.3, -0.25) is 0 Å². The molecule has 1 aromatic rings. The van der Waals surface area contributed by atoms with E-state index in [-0.39, 0.29) is 11.9 Å². The molecular formula is C10H16N6O. The average Bonchev–Trinajstić information content (AvgIpc) is 2.30. The SMILES string of the molecule is C=CCN(CC=C)c1nc(N)nc(N)n1.C=O. The van der Waals surface area contributed by atoms with Crippen LogP contribution in [0, 0.1) is 0 Å². The van der Waals surface area contributed by atoms with Crippen LogP contribution in [0.15, 0.2) is 25.3 Å². The zero-order chi connectivity index (χ0) is 13.3. The monoisotopic (exact) mass is 236 g/mol. The number of carbonyl (C=O) groups excluding carboxylic acids is 1. The lowest BCUT2D eigenvalue weighted by molar-refractivity contribution is -0.0979. The third-order valence-electron chi connectivity index (χ3n) is 1.64. The summed E-state index contributed by atoms with van der Waals surface area (Å²) in [5.74, 6) is 0.644.